The van der Waals surface area contributed by atoms with Crippen LogP contribution in [0.3, 0.4) is 0 Å². The van der Waals surface area contributed by atoms with Crippen LogP contribution in [0.5, 0.6) is 0 Å². The molecule has 1 aromatic rings. The highest BCUT2D eigenvalue weighted by Crippen LogP contribution is 2.36. The molecule has 1 aromatic heterocycles. The molecular weight excluding hydrogens is 277 g/mol. The highest BCUT2D eigenvalue weighted by molar-refractivity contribution is 9.10. The van der Waals surface area contributed by atoms with Gasteiger partial charge in [-0.1, -0.05) is 0 Å². The maximum Gasteiger partial charge on any atom is 0.116 e. The number of hydrogen-bond donors (Lipinski definition) is 1. The molecule has 1 fully saturated rings. The second-order valence-corrected chi connectivity index (χ2v) is 6.31. The van der Waals surface area contributed by atoms with Gasteiger partial charge >= 0.3 is 0 Å². The van der Waals surface area contributed by atoms with Crippen LogP contribution in [0.15, 0.2) is 15.9 Å². The molecule has 0 radical (unpaired) electrons. The van der Waals surface area contributed by atoms with Crippen molar-refractivity contribution in [2.24, 2.45) is 5.73 Å². The normalized spacial score (nSPS) is 31.8. The largest absolute Gasteiger partial charge is 0.328 e. The zero-order valence-electron chi connectivity index (χ0n) is 8.51. The molecular formula is C11H15BrFNS. The molecule has 1 aliphatic carbocycles. The predicted octanol–water partition coefficient (Wildman–Crippen LogP) is 3.66. The van der Waals surface area contributed by atoms with Gasteiger partial charge in [0, 0.05) is 27.2 Å². The van der Waals surface area contributed by atoms with E-state index in [1.165, 1.54) is 0 Å². The van der Waals surface area contributed by atoms with E-state index in [-0.39, 0.29) is 6.04 Å². The third-order valence-electron chi connectivity index (χ3n) is 3.04. The van der Waals surface area contributed by atoms with Crippen molar-refractivity contribution in [1.29, 1.82) is 0 Å². The van der Waals surface area contributed by atoms with Gasteiger partial charge in [0.05, 0.1) is 0 Å². The molecule has 0 unspecified atom stereocenters. The zero-order valence-corrected chi connectivity index (χ0v) is 10.9. The molecule has 4 heteroatoms. The molecule has 0 aliphatic heterocycles. The predicted molar refractivity (Wildman–Crippen MR) is 66.0 cm³/mol. The minimum Gasteiger partial charge on any atom is -0.328 e. The fourth-order valence-electron chi connectivity index (χ4n) is 2.09. The monoisotopic (exact) mass is 291 g/mol. The van der Waals surface area contributed by atoms with E-state index in [4.69, 9.17) is 5.73 Å². The second-order valence-electron chi connectivity index (χ2n) is 4.40. The number of rotatable bonds is 2. The standard InChI is InChI=1S/C11H15BrFNS/c12-8-5-10(15-7-8)6-11(13)3-1-9(14)2-4-11/h5,7,9H,1-4,6,14H2. The molecule has 15 heavy (non-hydrogen) atoms. The van der Waals surface area contributed by atoms with Gasteiger partial charge in [0.1, 0.15) is 5.67 Å². The lowest BCUT2D eigenvalue weighted by Gasteiger charge is -2.32. The van der Waals surface area contributed by atoms with Crippen molar-refractivity contribution in [1.82, 2.24) is 0 Å². The van der Waals surface area contributed by atoms with Crippen LogP contribution in [0.1, 0.15) is 30.6 Å². The highest BCUT2D eigenvalue weighted by Gasteiger charge is 2.34. The SMILES string of the molecule is NC1CCC(F)(Cc2cc(Br)cs2)CC1. The van der Waals surface area contributed by atoms with Crippen LogP contribution in [-0.2, 0) is 6.42 Å². The Morgan fingerprint density at radius 3 is 2.73 bits per heavy atom. The summed E-state index contributed by atoms with van der Waals surface area (Å²) in [7, 11) is 0. The lowest BCUT2D eigenvalue weighted by molar-refractivity contribution is 0.100. The topological polar surface area (TPSA) is 26.0 Å². The first kappa shape index (κ1) is 11.6. The third kappa shape index (κ3) is 3.02. The Morgan fingerprint density at radius 1 is 1.53 bits per heavy atom. The van der Waals surface area contributed by atoms with Crippen LogP contribution < -0.4 is 5.73 Å². The van der Waals surface area contributed by atoms with Gasteiger partial charge in [-0.3, -0.25) is 0 Å². The van der Waals surface area contributed by atoms with E-state index in [0.717, 1.165) is 22.2 Å². The molecule has 2 N–H and O–H groups in total. The molecule has 1 saturated carbocycles. The van der Waals surface area contributed by atoms with E-state index in [2.05, 4.69) is 15.9 Å². The van der Waals surface area contributed by atoms with E-state index in [1.807, 2.05) is 11.4 Å². The highest BCUT2D eigenvalue weighted by atomic mass is 79.9. The van der Waals surface area contributed by atoms with Gasteiger partial charge in [-0.05, 0) is 47.7 Å². The third-order valence-corrected chi connectivity index (χ3v) is 4.74. The van der Waals surface area contributed by atoms with Crippen molar-refractivity contribution >= 4 is 27.3 Å². The van der Waals surface area contributed by atoms with E-state index < -0.39 is 5.67 Å². The van der Waals surface area contributed by atoms with Gasteiger partial charge in [0.2, 0.25) is 0 Å². The van der Waals surface area contributed by atoms with Gasteiger partial charge < -0.3 is 5.73 Å². The number of nitrogens with two attached hydrogens (primary N) is 1. The quantitative estimate of drug-likeness (QED) is 0.884. The van der Waals surface area contributed by atoms with Gasteiger partial charge in [-0.15, -0.1) is 11.3 Å². The molecule has 0 bridgehead atoms. The Morgan fingerprint density at radius 2 is 2.20 bits per heavy atom. The van der Waals surface area contributed by atoms with E-state index >= 15 is 0 Å². The van der Waals surface area contributed by atoms with Crippen molar-refractivity contribution in [3.05, 3.63) is 20.8 Å². The van der Waals surface area contributed by atoms with Crippen molar-refractivity contribution in [3.63, 3.8) is 0 Å². The van der Waals surface area contributed by atoms with E-state index in [0.29, 0.717) is 19.3 Å². The first-order chi connectivity index (χ1) is 7.07. The number of thiophene rings is 1. The summed E-state index contributed by atoms with van der Waals surface area (Å²) in [6.45, 7) is 0. The molecule has 2 rings (SSSR count). The Hall–Kier alpha value is 0.0700. The number of halogens is 2. The minimum atomic E-state index is -1.01. The molecule has 0 atom stereocenters. The van der Waals surface area contributed by atoms with E-state index in [1.54, 1.807) is 11.3 Å². The summed E-state index contributed by atoms with van der Waals surface area (Å²) in [6.07, 6.45) is 3.43. The summed E-state index contributed by atoms with van der Waals surface area (Å²) in [5.41, 5.74) is 4.77. The fourth-order valence-corrected chi connectivity index (χ4v) is 3.67. The van der Waals surface area contributed by atoms with Crippen molar-refractivity contribution < 1.29 is 4.39 Å². The smallest absolute Gasteiger partial charge is 0.116 e. The minimum absolute atomic E-state index is 0.212. The van der Waals surface area contributed by atoms with Crippen LogP contribution in [-0.4, -0.2) is 11.7 Å². The maximum absolute atomic E-state index is 14.4. The van der Waals surface area contributed by atoms with Gasteiger partial charge in [-0.25, -0.2) is 4.39 Å². The zero-order chi connectivity index (χ0) is 10.9. The summed E-state index contributed by atoms with van der Waals surface area (Å²) in [5, 5.41) is 2.01. The molecule has 1 aliphatic rings. The lowest BCUT2D eigenvalue weighted by Crippen LogP contribution is -2.36. The molecule has 1 nitrogen and oxygen atoms in total. The van der Waals surface area contributed by atoms with Crippen LogP contribution in [0, 0.1) is 0 Å². The van der Waals surface area contributed by atoms with Gasteiger partial charge in [0.15, 0.2) is 0 Å². The second kappa shape index (κ2) is 4.52. The van der Waals surface area contributed by atoms with Crippen molar-refractivity contribution in [2.75, 3.05) is 0 Å². The van der Waals surface area contributed by atoms with Gasteiger partial charge in [-0.2, -0.15) is 0 Å². The Kier molecular flexibility index (Phi) is 3.48. The fraction of sp³-hybridized carbons (Fsp3) is 0.636. The number of alkyl halides is 1. The average molecular weight is 292 g/mol. The molecule has 0 aromatic carbocycles. The summed E-state index contributed by atoms with van der Waals surface area (Å²) >= 11 is 5.02. The maximum atomic E-state index is 14.4. The summed E-state index contributed by atoms with van der Waals surface area (Å²) in [4.78, 5) is 1.12. The van der Waals surface area contributed by atoms with E-state index in [9.17, 15) is 4.39 Å². The van der Waals surface area contributed by atoms with Crippen LogP contribution in [0.4, 0.5) is 4.39 Å². The summed E-state index contributed by atoms with van der Waals surface area (Å²) in [5.74, 6) is 0. The van der Waals surface area contributed by atoms with Crippen LogP contribution in [0.2, 0.25) is 0 Å². The lowest BCUT2D eigenvalue weighted by atomic mass is 9.81. The summed E-state index contributed by atoms with van der Waals surface area (Å²) in [6, 6.07) is 2.23. The molecule has 0 spiro atoms. The first-order valence-corrected chi connectivity index (χ1v) is 6.92. The van der Waals surface area contributed by atoms with Crippen molar-refractivity contribution in [3.8, 4) is 0 Å². The summed E-state index contributed by atoms with van der Waals surface area (Å²) < 4.78 is 15.4. The number of hydrogen-bond acceptors (Lipinski definition) is 2. The Balaban J connectivity index is 1.99. The Labute approximate surface area is 102 Å². The average Bonchev–Trinajstić information content (AvgIpc) is 2.57. The Bertz CT molecular complexity index is 331. The van der Waals surface area contributed by atoms with Crippen LogP contribution in [0.25, 0.3) is 0 Å². The van der Waals surface area contributed by atoms with Crippen molar-refractivity contribution in [2.45, 2.75) is 43.8 Å². The van der Waals surface area contributed by atoms with Gasteiger partial charge in [0.25, 0.3) is 0 Å². The molecule has 0 amide bonds. The molecule has 1 heterocycles. The molecule has 0 saturated heterocycles. The molecule has 84 valence electrons. The first-order valence-electron chi connectivity index (χ1n) is 5.25. The van der Waals surface area contributed by atoms with Crippen LogP contribution >= 0.6 is 27.3 Å².